The number of hydrogen-bond acceptors (Lipinski definition) is 3. The molecule has 0 rings (SSSR count). The van der Waals surface area contributed by atoms with Gasteiger partial charge in [-0.1, -0.05) is 310 Å². The van der Waals surface area contributed by atoms with E-state index in [1.54, 1.807) is 0 Å². The Hall–Kier alpha value is -1.10. The first kappa shape index (κ1) is 62.9. The minimum absolute atomic E-state index is 0.0499. The number of carboxylic acids is 1. The summed E-state index contributed by atoms with van der Waals surface area (Å²) in [4.78, 5) is 27.9. The van der Waals surface area contributed by atoms with Gasteiger partial charge < -0.3 is 15.3 Å². The van der Waals surface area contributed by atoms with E-state index in [1.165, 1.54) is 289 Å². The highest BCUT2D eigenvalue weighted by Gasteiger charge is 2.24. The summed E-state index contributed by atoms with van der Waals surface area (Å²) in [5.74, 6) is -0.649. The van der Waals surface area contributed by atoms with Crippen molar-refractivity contribution in [2.24, 2.45) is 0 Å². The van der Waals surface area contributed by atoms with Gasteiger partial charge >= 0.3 is 5.97 Å². The maximum Gasteiger partial charge on any atom is 0.303 e. The number of nitrogens with zero attached hydrogens (tertiary/aromatic N) is 1. The van der Waals surface area contributed by atoms with Gasteiger partial charge in [0.05, 0.1) is 6.04 Å². The van der Waals surface area contributed by atoms with Gasteiger partial charge in [0.2, 0.25) is 5.91 Å². The number of carbonyl (C=O) groups is 2. The third-order valence-electron chi connectivity index (χ3n) is 14.2. The standard InChI is InChI=1S/C59H118N2O3/c1-4-7-10-13-16-19-22-25-28-31-34-37-40-43-46-49-54-60-57(52-53-58(62)63)59(64)61(55-50-47-44-41-38-35-32-29-26-23-20-17-14-11-8-5-2)56-51-48-45-42-39-36-33-30-27-24-21-18-15-12-9-6-3/h57,60H,4-56H2,1-3H3,(H,62,63). The van der Waals surface area contributed by atoms with E-state index in [0.29, 0.717) is 6.42 Å². The molecule has 0 saturated heterocycles. The van der Waals surface area contributed by atoms with Crippen LogP contribution in [0.25, 0.3) is 0 Å². The molecule has 0 saturated carbocycles. The first-order valence-corrected chi connectivity index (χ1v) is 29.8. The first-order chi connectivity index (χ1) is 31.6. The van der Waals surface area contributed by atoms with Gasteiger partial charge in [-0.2, -0.15) is 0 Å². The maximum atomic E-state index is 14.1. The molecule has 0 aliphatic carbocycles. The minimum Gasteiger partial charge on any atom is -0.481 e. The van der Waals surface area contributed by atoms with Crippen LogP contribution < -0.4 is 5.32 Å². The minimum atomic E-state index is -0.802. The molecule has 0 aromatic carbocycles. The molecule has 1 atom stereocenters. The molecule has 0 aromatic rings. The van der Waals surface area contributed by atoms with Crippen LogP contribution in [0.4, 0.5) is 0 Å². The molecule has 0 spiro atoms. The van der Waals surface area contributed by atoms with Crippen LogP contribution in [0, 0.1) is 0 Å². The topological polar surface area (TPSA) is 69.6 Å². The highest BCUT2D eigenvalue weighted by Crippen LogP contribution is 2.18. The number of aliphatic carboxylic acids is 1. The Morgan fingerprint density at radius 2 is 0.562 bits per heavy atom. The third-order valence-corrected chi connectivity index (χ3v) is 14.2. The zero-order chi connectivity index (χ0) is 46.5. The van der Waals surface area contributed by atoms with Crippen LogP contribution in [-0.2, 0) is 9.59 Å². The number of rotatable bonds is 56. The van der Waals surface area contributed by atoms with Crippen molar-refractivity contribution in [1.82, 2.24) is 10.2 Å². The fourth-order valence-electron chi connectivity index (χ4n) is 9.78. The molecule has 5 nitrogen and oxygen atoms in total. The third kappa shape index (κ3) is 48.8. The van der Waals surface area contributed by atoms with Crippen LogP contribution in [0.2, 0.25) is 0 Å². The number of nitrogens with one attached hydrogen (secondary N) is 1. The number of carboxylic acid groups (broad SMARTS) is 1. The smallest absolute Gasteiger partial charge is 0.303 e. The largest absolute Gasteiger partial charge is 0.481 e. The molecule has 2 N–H and O–H groups in total. The van der Waals surface area contributed by atoms with Gasteiger partial charge in [-0.25, -0.2) is 0 Å². The Kier molecular flexibility index (Phi) is 53.6. The summed E-state index contributed by atoms with van der Waals surface area (Å²) in [5.41, 5.74) is 0. The molecule has 0 fully saturated rings. The fraction of sp³-hybridized carbons (Fsp3) is 0.966. The summed E-state index contributed by atoms with van der Waals surface area (Å²) >= 11 is 0. The lowest BCUT2D eigenvalue weighted by atomic mass is 10.0. The molecular weight excluding hydrogens is 785 g/mol. The van der Waals surface area contributed by atoms with Gasteiger partial charge in [-0.15, -0.1) is 0 Å². The average Bonchev–Trinajstić information content (AvgIpc) is 3.29. The Labute approximate surface area is 402 Å². The van der Waals surface area contributed by atoms with Crippen LogP contribution >= 0.6 is 0 Å². The number of hydrogen-bond donors (Lipinski definition) is 2. The number of carbonyl (C=O) groups excluding carboxylic acids is 1. The van der Waals surface area contributed by atoms with E-state index in [1.807, 2.05) is 0 Å². The molecular formula is C59H118N2O3. The summed E-state index contributed by atoms with van der Waals surface area (Å²) in [6.45, 7) is 9.33. The molecule has 382 valence electrons. The monoisotopic (exact) mass is 903 g/mol. The number of amides is 1. The van der Waals surface area contributed by atoms with Crippen LogP contribution in [0.5, 0.6) is 0 Å². The van der Waals surface area contributed by atoms with Crippen molar-refractivity contribution < 1.29 is 14.7 Å². The summed E-state index contributed by atoms with van der Waals surface area (Å²) in [6.07, 6.45) is 65.3. The molecule has 5 heteroatoms. The Morgan fingerprint density at radius 1 is 0.344 bits per heavy atom. The molecule has 0 heterocycles. The molecule has 0 aromatic heterocycles. The van der Waals surface area contributed by atoms with Gasteiger partial charge in [0.15, 0.2) is 0 Å². The van der Waals surface area contributed by atoms with Crippen molar-refractivity contribution in [1.29, 1.82) is 0 Å². The zero-order valence-corrected chi connectivity index (χ0v) is 44.3. The van der Waals surface area contributed by atoms with Crippen LogP contribution in [-0.4, -0.2) is 47.6 Å². The summed E-state index contributed by atoms with van der Waals surface area (Å²) in [7, 11) is 0. The second kappa shape index (κ2) is 54.5. The van der Waals surface area contributed by atoms with E-state index in [4.69, 9.17) is 0 Å². The molecule has 0 aliphatic rings. The Morgan fingerprint density at radius 3 is 0.797 bits per heavy atom. The summed E-state index contributed by atoms with van der Waals surface area (Å²) in [5, 5.41) is 13.1. The van der Waals surface area contributed by atoms with E-state index >= 15 is 0 Å². The Bertz CT molecular complexity index is 875. The van der Waals surface area contributed by atoms with Gasteiger partial charge in [0.1, 0.15) is 0 Å². The lowest BCUT2D eigenvalue weighted by Gasteiger charge is -2.28. The quantitative estimate of drug-likeness (QED) is 0.0597. The molecule has 1 amide bonds. The van der Waals surface area contributed by atoms with Gasteiger partial charge in [-0.3, -0.25) is 9.59 Å². The van der Waals surface area contributed by atoms with E-state index in [9.17, 15) is 14.7 Å². The lowest BCUT2D eigenvalue weighted by Crippen LogP contribution is -2.47. The van der Waals surface area contributed by atoms with Crippen molar-refractivity contribution in [3.63, 3.8) is 0 Å². The summed E-state index contributed by atoms with van der Waals surface area (Å²) in [6, 6.07) is -0.380. The van der Waals surface area contributed by atoms with Crippen molar-refractivity contribution in [3.8, 4) is 0 Å². The SMILES string of the molecule is CCCCCCCCCCCCCCCCCCNC(CCC(=O)O)C(=O)N(CCCCCCCCCCCCCCCCCC)CCCCCCCCCCCCCCCCCC. The molecule has 0 radical (unpaired) electrons. The van der Waals surface area contributed by atoms with Crippen LogP contribution in [0.15, 0.2) is 0 Å². The van der Waals surface area contributed by atoms with Crippen LogP contribution in [0.3, 0.4) is 0 Å². The van der Waals surface area contributed by atoms with Crippen molar-refractivity contribution in [2.75, 3.05) is 19.6 Å². The normalized spacial score (nSPS) is 12.0. The van der Waals surface area contributed by atoms with E-state index in [-0.39, 0.29) is 18.4 Å². The van der Waals surface area contributed by atoms with Crippen LogP contribution in [0.1, 0.15) is 342 Å². The average molecular weight is 904 g/mol. The maximum absolute atomic E-state index is 14.1. The number of unbranched alkanes of at least 4 members (excludes halogenated alkanes) is 45. The highest BCUT2D eigenvalue weighted by atomic mass is 16.4. The van der Waals surface area contributed by atoms with Crippen molar-refractivity contribution >= 4 is 11.9 Å². The van der Waals surface area contributed by atoms with Gasteiger partial charge in [-0.05, 0) is 32.2 Å². The fourth-order valence-corrected chi connectivity index (χ4v) is 9.78. The van der Waals surface area contributed by atoms with Gasteiger partial charge in [0, 0.05) is 19.5 Å². The van der Waals surface area contributed by atoms with E-state index in [2.05, 4.69) is 31.0 Å². The zero-order valence-electron chi connectivity index (χ0n) is 44.3. The molecule has 1 unspecified atom stereocenters. The van der Waals surface area contributed by atoms with Gasteiger partial charge in [0.25, 0.3) is 0 Å². The predicted molar refractivity (Wildman–Crippen MR) is 284 cm³/mol. The van der Waals surface area contributed by atoms with Crippen molar-refractivity contribution in [3.05, 3.63) is 0 Å². The molecule has 0 bridgehead atoms. The molecule has 64 heavy (non-hydrogen) atoms. The van der Waals surface area contributed by atoms with Crippen molar-refractivity contribution in [2.45, 2.75) is 348 Å². The summed E-state index contributed by atoms with van der Waals surface area (Å²) < 4.78 is 0. The first-order valence-electron chi connectivity index (χ1n) is 29.8. The molecule has 0 aliphatic heterocycles. The predicted octanol–water partition coefficient (Wildman–Crippen LogP) is 19.4. The van der Waals surface area contributed by atoms with E-state index < -0.39 is 5.97 Å². The van der Waals surface area contributed by atoms with E-state index in [0.717, 1.165) is 38.9 Å². The second-order valence-corrected chi connectivity index (χ2v) is 20.7. The lowest BCUT2D eigenvalue weighted by molar-refractivity contribution is -0.138. The Balaban J connectivity index is 4.57. The second-order valence-electron chi connectivity index (χ2n) is 20.7. The highest BCUT2D eigenvalue weighted by molar-refractivity contribution is 5.82.